The van der Waals surface area contributed by atoms with Gasteiger partial charge in [-0.25, -0.2) is 0 Å². The fourth-order valence-corrected chi connectivity index (χ4v) is 2.75. The van der Waals surface area contributed by atoms with Crippen LogP contribution in [0.2, 0.25) is 0 Å². The maximum absolute atomic E-state index is 7.77. The monoisotopic (exact) mass is 260 g/mol. The molecule has 1 aliphatic rings. The molecule has 1 aromatic rings. The third-order valence-electron chi connectivity index (χ3n) is 4.03. The summed E-state index contributed by atoms with van der Waals surface area (Å²) in [6, 6.07) is 6.79. The van der Waals surface area contributed by atoms with Crippen molar-refractivity contribution in [2.75, 3.05) is 31.6 Å². The van der Waals surface area contributed by atoms with E-state index in [0.717, 1.165) is 42.9 Å². The van der Waals surface area contributed by atoms with Gasteiger partial charge in [0.05, 0.1) is 0 Å². The van der Waals surface area contributed by atoms with Gasteiger partial charge < -0.3 is 10.6 Å². The lowest BCUT2D eigenvalue weighted by molar-refractivity contribution is 0.213. The molecule has 19 heavy (non-hydrogen) atoms. The van der Waals surface area contributed by atoms with E-state index in [1.54, 1.807) is 0 Å². The van der Waals surface area contributed by atoms with Crippen molar-refractivity contribution in [2.45, 2.75) is 26.3 Å². The Hall–Kier alpha value is -1.55. The number of piperazine rings is 1. The molecule has 1 fully saturated rings. The molecule has 1 atom stereocenters. The van der Waals surface area contributed by atoms with Gasteiger partial charge in [0.2, 0.25) is 0 Å². The first-order chi connectivity index (χ1) is 9.02. The minimum atomic E-state index is 0.158. The molecule has 0 amide bonds. The van der Waals surface area contributed by atoms with Gasteiger partial charge in [0, 0.05) is 36.9 Å². The van der Waals surface area contributed by atoms with Gasteiger partial charge in [-0.3, -0.25) is 10.3 Å². The molecule has 0 spiro atoms. The van der Waals surface area contributed by atoms with E-state index in [1.165, 1.54) is 0 Å². The van der Waals surface area contributed by atoms with Crippen LogP contribution in [-0.2, 0) is 0 Å². The highest BCUT2D eigenvalue weighted by molar-refractivity contribution is 6.00. The summed E-state index contributed by atoms with van der Waals surface area (Å²) in [5.74, 6) is 0.158. The van der Waals surface area contributed by atoms with Crippen LogP contribution in [0.3, 0.4) is 0 Å². The Bertz CT molecular complexity index is 469. The molecule has 4 nitrogen and oxygen atoms in total. The molecule has 1 unspecified atom stereocenters. The number of nitrogens with two attached hydrogens (primary N) is 1. The van der Waals surface area contributed by atoms with Crippen LogP contribution < -0.4 is 10.6 Å². The standard InChI is InChI=1S/C15H24N4/c1-4-12-10-19(8-7-18(12)3)14-6-5-11(2)9-13(14)15(16)17/h5-6,9,12H,4,7-8,10H2,1-3H3,(H3,16,17). The molecule has 0 bridgehead atoms. The number of nitrogen functional groups attached to an aromatic ring is 1. The second-order valence-electron chi connectivity index (χ2n) is 5.42. The molecular weight excluding hydrogens is 236 g/mol. The number of rotatable bonds is 3. The van der Waals surface area contributed by atoms with Crippen molar-refractivity contribution >= 4 is 11.5 Å². The van der Waals surface area contributed by atoms with E-state index in [1.807, 2.05) is 13.0 Å². The first-order valence-electron chi connectivity index (χ1n) is 6.93. The number of nitrogens with one attached hydrogen (secondary N) is 1. The lowest BCUT2D eigenvalue weighted by atomic mass is 10.0. The van der Waals surface area contributed by atoms with E-state index in [-0.39, 0.29) is 5.84 Å². The SMILES string of the molecule is CCC1CN(c2ccc(C)cc2C(=N)N)CCN1C. The van der Waals surface area contributed by atoms with Gasteiger partial charge in [0.1, 0.15) is 5.84 Å². The van der Waals surface area contributed by atoms with Crippen molar-refractivity contribution < 1.29 is 0 Å². The normalized spacial score (nSPS) is 20.6. The van der Waals surface area contributed by atoms with Crippen LogP contribution in [0.1, 0.15) is 24.5 Å². The Balaban J connectivity index is 2.29. The molecule has 1 saturated heterocycles. The zero-order chi connectivity index (χ0) is 14.0. The van der Waals surface area contributed by atoms with Crippen LogP contribution in [0.4, 0.5) is 5.69 Å². The highest BCUT2D eigenvalue weighted by atomic mass is 15.3. The van der Waals surface area contributed by atoms with Crippen molar-refractivity contribution in [3.8, 4) is 0 Å². The van der Waals surface area contributed by atoms with Crippen LogP contribution in [0.5, 0.6) is 0 Å². The van der Waals surface area contributed by atoms with E-state index in [0.29, 0.717) is 6.04 Å². The van der Waals surface area contributed by atoms with Crippen molar-refractivity contribution in [1.82, 2.24) is 4.90 Å². The van der Waals surface area contributed by atoms with Crippen molar-refractivity contribution in [3.63, 3.8) is 0 Å². The number of benzene rings is 1. The van der Waals surface area contributed by atoms with Crippen LogP contribution in [0.25, 0.3) is 0 Å². The summed E-state index contributed by atoms with van der Waals surface area (Å²) in [5, 5.41) is 7.77. The van der Waals surface area contributed by atoms with Gasteiger partial charge in [-0.2, -0.15) is 0 Å². The topological polar surface area (TPSA) is 56.4 Å². The fourth-order valence-electron chi connectivity index (χ4n) is 2.75. The van der Waals surface area contributed by atoms with Gasteiger partial charge in [0.15, 0.2) is 0 Å². The van der Waals surface area contributed by atoms with Crippen molar-refractivity contribution in [2.24, 2.45) is 5.73 Å². The number of aryl methyl sites for hydroxylation is 1. The van der Waals surface area contributed by atoms with Crippen molar-refractivity contribution in [1.29, 1.82) is 5.41 Å². The summed E-state index contributed by atoms with van der Waals surface area (Å²) in [6.07, 6.45) is 1.15. The van der Waals surface area contributed by atoms with Crippen LogP contribution in [-0.4, -0.2) is 43.5 Å². The number of hydrogen-bond donors (Lipinski definition) is 2. The maximum atomic E-state index is 7.77. The number of amidine groups is 1. The quantitative estimate of drug-likeness (QED) is 0.644. The van der Waals surface area contributed by atoms with Gasteiger partial charge in [-0.1, -0.05) is 18.6 Å². The predicted octanol–water partition coefficient (Wildman–Crippen LogP) is 1.81. The molecule has 4 heteroatoms. The van der Waals surface area contributed by atoms with Gasteiger partial charge in [-0.05, 0) is 32.5 Å². The van der Waals surface area contributed by atoms with Crippen molar-refractivity contribution in [3.05, 3.63) is 29.3 Å². The summed E-state index contributed by atoms with van der Waals surface area (Å²) in [7, 11) is 2.19. The van der Waals surface area contributed by atoms with Crippen LogP contribution in [0, 0.1) is 12.3 Å². The molecule has 1 aliphatic heterocycles. The van der Waals surface area contributed by atoms with E-state index in [4.69, 9.17) is 11.1 Å². The maximum Gasteiger partial charge on any atom is 0.124 e. The largest absolute Gasteiger partial charge is 0.384 e. The molecule has 1 heterocycles. The van der Waals surface area contributed by atoms with E-state index in [2.05, 4.69) is 35.9 Å². The predicted molar refractivity (Wildman–Crippen MR) is 81.1 cm³/mol. The fraction of sp³-hybridized carbons (Fsp3) is 0.533. The molecule has 104 valence electrons. The molecular formula is C15H24N4. The average Bonchev–Trinajstić information content (AvgIpc) is 2.39. The lowest BCUT2D eigenvalue weighted by Gasteiger charge is -2.41. The molecule has 3 N–H and O–H groups in total. The van der Waals surface area contributed by atoms with Crippen LogP contribution >= 0.6 is 0 Å². The minimum Gasteiger partial charge on any atom is -0.384 e. The van der Waals surface area contributed by atoms with E-state index in [9.17, 15) is 0 Å². The Morgan fingerprint density at radius 3 is 2.79 bits per heavy atom. The highest BCUT2D eigenvalue weighted by Gasteiger charge is 2.24. The van der Waals surface area contributed by atoms with Crippen LogP contribution in [0.15, 0.2) is 18.2 Å². The molecule has 0 saturated carbocycles. The molecule has 0 aliphatic carbocycles. The molecule has 1 aromatic carbocycles. The number of nitrogens with zero attached hydrogens (tertiary/aromatic N) is 2. The summed E-state index contributed by atoms with van der Waals surface area (Å²) in [5.41, 5.74) is 8.84. The highest BCUT2D eigenvalue weighted by Crippen LogP contribution is 2.24. The Morgan fingerprint density at radius 1 is 1.42 bits per heavy atom. The first-order valence-corrected chi connectivity index (χ1v) is 6.93. The van der Waals surface area contributed by atoms with Gasteiger partial charge >= 0.3 is 0 Å². The third-order valence-corrected chi connectivity index (χ3v) is 4.03. The summed E-state index contributed by atoms with van der Waals surface area (Å²) in [4.78, 5) is 4.78. The summed E-state index contributed by atoms with van der Waals surface area (Å²) < 4.78 is 0. The minimum absolute atomic E-state index is 0.158. The Morgan fingerprint density at radius 2 is 2.16 bits per heavy atom. The van der Waals surface area contributed by atoms with E-state index >= 15 is 0 Å². The molecule has 2 rings (SSSR count). The van der Waals surface area contributed by atoms with Gasteiger partial charge in [0.25, 0.3) is 0 Å². The molecule has 0 aromatic heterocycles. The second kappa shape index (κ2) is 5.61. The number of anilines is 1. The first kappa shape index (κ1) is 13.9. The smallest absolute Gasteiger partial charge is 0.124 e. The Kier molecular flexibility index (Phi) is 4.10. The second-order valence-corrected chi connectivity index (χ2v) is 5.42. The summed E-state index contributed by atoms with van der Waals surface area (Å²) in [6.45, 7) is 7.33. The number of hydrogen-bond acceptors (Lipinski definition) is 3. The van der Waals surface area contributed by atoms with E-state index < -0.39 is 0 Å². The number of likely N-dealkylation sites (N-methyl/N-ethyl adjacent to an activating group) is 1. The Labute approximate surface area is 115 Å². The third kappa shape index (κ3) is 2.89. The lowest BCUT2D eigenvalue weighted by Crippen LogP contribution is -2.51. The summed E-state index contributed by atoms with van der Waals surface area (Å²) >= 11 is 0. The zero-order valence-corrected chi connectivity index (χ0v) is 12.1. The zero-order valence-electron chi connectivity index (χ0n) is 12.1. The molecule has 0 radical (unpaired) electrons. The average molecular weight is 260 g/mol. The van der Waals surface area contributed by atoms with Gasteiger partial charge in [-0.15, -0.1) is 0 Å².